The number of hydrogen-bond donors (Lipinski definition) is 3. The molecule has 2 amide bonds. The molecule has 0 spiro atoms. The largest absolute Gasteiger partial charge is 0.478 e. The van der Waals surface area contributed by atoms with E-state index in [0.29, 0.717) is 11.4 Å². The number of halogens is 2. The zero-order chi connectivity index (χ0) is 26.4. The van der Waals surface area contributed by atoms with Gasteiger partial charge in [0.2, 0.25) is 5.91 Å². The Morgan fingerprint density at radius 3 is 2.05 bits per heavy atom. The number of thioether (sulfide) groups is 1. The summed E-state index contributed by atoms with van der Waals surface area (Å²) < 4.78 is 13.5. The molecule has 3 N–H and O–H groups in total. The molecule has 0 aliphatic rings. The molecule has 0 heterocycles. The van der Waals surface area contributed by atoms with Gasteiger partial charge in [0.15, 0.2) is 0 Å². The number of anilines is 2. The summed E-state index contributed by atoms with van der Waals surface area (Å²) in [6, 6.07) is 26.0. The Morgan fingerprint density at radius 2 is 1.41 bits per heavy atom. The van der Waals surface area contributed by atoms with Gasteiger partial charge in [-0.1, -0.05) is 54.1 Å². The van der Waals surface area contributed by atoms with Crippen molar-refractivity contribution in [3.63, 3.8) is 0 Å². The van der Waals surface area contributed by atoms with E-state index in [9.17, 15) is 23.9 Å². The third kappa shape index (κ3) is 6.55. The normalized spacial score (nSPS) is 11.4. The van der Waals surface area contributed by atoms with Gasteiger partial charge >= 0.3 is 5.97 Å². The first-order chi connectivity index (χ1) is 17.8. The first-order valence-corrected chi connectivity index (χ1v) is 12.3. The van der Waals surface area contributed by atoms with E-state index in [1.165, 1.54) is 42.1 Å². The summed E-state index contributed by atoms with van der Waals surface area (Å²) in [7, 11) is 0. The predicted octanol–water partition coefficient (Wildman–Crippen LogP) is 6.90. The Hall–Kier alpha value is -4.14. The Bertz CT molecular complexity index is 1450. The summed E-state index contributed by atoms with van der Waals surface area (Å²) in [6.07, 6.45) is 0. The van der Waals surface area contributed by atoms with Crippen LogP contribution in [0, 0.1) is 5.82 Å². The van der Waals surface area contributed by atoms with E-state index in [0.717, 1.165) is 10.5 Å². The van der Waals surface area contributed by atoms with E-state index in [4.69, 9.17) is 11.6 Å². The van der Waals surface area contributed by atoms with Gasteiger partial charge in [0.25, 0.3) is 5.91 Å². The van der Waals surface area contributed by atoms with Crippen LogP contribution in [0.15, 0.2) is 102 Å². The highest BCUT2D eigenvalue weighted by molar-refractivity contribution is 8.00. The quantitative estimate of drug-likeness (QED) is 0.214. The Balaban J connectivity index is 1.50. The van der Waals surface area contributed by atoms with Crippen molar-refractivity contribution in [3.8, 4) is 0 Å². The Morgan fingerprint density at radius 1 is 0.784 bits per heavy atom. The van der Waals surface area contributed by atoms with Crippen LogP contribution in [0.4, 0.5) is 15.8 Å². The van der Waals surface area contributed by atoms with Crippen molar-refractivity contribution in [1.29, 1.82) is 0 Å². The van der Waals surface area contributed by atoms with Crippen LogP contribution >= 0.6 is 23.4 Å². The van der Waals surface area contributed by atoms with Crippen LogP contribution in [-0.2, 0) is 4.79 Å². The number of carbonyl (C=O) groups is 3. The first kappa shape index (κ1) is 25.9. The summed E-state index contributed by atoms with van der Waals surface area (Å²) in [5.74, 6) is -2.63. The highest BCUT2D eigenvalue weighted by Crippen LogP contribution is 2.37. The summed E-state index contributed by atoms with van der Waals surface area (Å²) in [6.45, 7) is 0. The van der Waals surface area contributed by atoms with Crippen molar-refractivity contribution in [1.82, 2.24) is 0 Å². The van der Waals surface area contributed by atoms with Gasteiger partial charge < -0.3 is 15.7 Å². The second-order valence-electron chi connectivity index (χ2n) is 7.86. The molecule has 4 aromatic carbocycles. The standard InChI is InChI=1S/C28H20ClFN2O4S/c29-23-16-19(12-15-24(23)30)32-27(34)25(17-6-2-1-3-7-17)37-20-13-10-18(11-14-20)31-26(33)21-8-4-5-9-22(21)28(35)36/h1-16,25H,(H,31,33)(H,32,34)(H,35,36). The fourth-order valence-corrected chi connectivity index (χ4v) is 4.71. The van der Waals surface area contributed by atoms with Crippen molar-refractivity contribution in [2.45, 2.75) is 10.1 Å². The van der Waals surface area contributed by atoms with E-state index in [-0.39, 0.29) is 22.1 Å². The molecule has 4 rings (SSSR count). The number of aromatic carboxylic acids is 1. The lowest BCUT2D eigenvalue weighted by atomic mass is 10.1. The topological polar surface area (TPSA) is 95.5 Å². The van der Waals surface area contributed by atoms with Crippen LogP contribution in [-0.4, -0.2) is 22.9 Å². The minimum Gasteiger partial charge on any atom is -0.478 e. The fraction of sp³-hybridized carbons (Fsp3) is 0.0357. The number of hydrogen-bond acceptors (Lipinski definition) is 4. The van der Waals surface area contributed by atoms with Crippen LogP contribution in [0.3, 0.4) is 0 Å². The molecule has 9 heteroatoms. The summed E-state index contributed by atoms with van der Waals surface area (Å²) in [5, 5.41) is 14.1. The van der Waals surface area contributed by atoms with E-state index in [1.54, 1.807) is 36.4 Å². The molecule has 1 atom stereocenters. The third-order valence-corrected chi connectivity index (χ3v) is 6.85. The number of nitrogens with one attached hydrogen (secondary N) is 2. The van der Waals surface area contributed by atoms with E-state index in [1.807, 2.05) is 30.3 Å². The third-order valence-electron chi connectivity index (χ3n) is 5.30. The molecule has 0 saturated carbocycles. The maximum absolute atomic E-state index is 13.5. The second kappa shape index (κ2) is 11.7. The van der Waals surface area contributed by atoms with Crippen molar-refractivity contribution in [2.24, 2.45) is 0 Å². The SMILES string of the molecule is O=C(O)c1ccccc1C(=O)Nc1ccc(SC(C(=O)Nc2ccc(F)c(Cl)c2)c2ccccc2)cc1. The lowest BCUT2D eigenvalue weighted by molar-refractivity contribution is -0.115. The van der Waals surface area contributed by atoms with Gasteiger partial charge in [-0.15, -0.1) is 11.8 Å². The number of carboxylic acid groups (broad SMARTS) is 1. The Labute approximate surface area is 221 Å². The molecule has 6 nitrogen and oxygen atoms in total. The smallest absolute Gasteiger partial charge is 0.336 e. The molecule has 0 bridgehead atoms. The summed E-state index contributed by atoms with van der Waals surface area (Å²) >= 11 is 7.14. The lowest BCUT2D eigenvalue weighted by Gasteiger charge is -2.17. The maximum atomic E-state index is 13.5. The van der Waals surface area contributed by atoms with Gasteiger partial charge in [0.1, 0.15) is 11.1 Å². The molecule has 0 saturated heterocycles. The van der Waals surface area contributed by atoms with E-state index >= 15 is 0 Å². The van der Waals surface area contributed by atoms with Gasteiger partial charge in [-0.3, -0.25) is 9.59 Å². The minimum atomic E-state index is -1.19. The molecular formula is C28H20ClFN2O4S. The molecule has 0 aliphatic heterocycles. The molecule has 0 radical (unpaired) electrons. The molecule has 4 aromatic rings. The fourth-order valence-electron chi connectivity index (χ4n) is 3.50. The molecule has 0 aromatic heterocycles. The van der Waals surface area contributed by atoms with Crippen LogP contribution < -0.4 is 10.6 Å². The maximum Gasteiger partial charge on any atom is 0.336 e. The van der Waals surface area contributed by atoms with E-state index < -0.39 is 22.9 Å². The van der Waals surface area contributed by atoms with Crippen LogP contribution in [0.25, 0.3) is 0 Å². The average Bonchev–Trinajstić information content (AvgIpc) is 2.90. The molecular weight excluding hydrogens is 515 g/mol. The van der Waals surface area contributed by atoms with Crippen molar-refractivity contribution in [2.75, 3.05) is 10.6 Å². The number of carboxylic acids is 1. The molecule has 186 valence electrons. The zero-order valence-corrected chi connectivity index (χ0v) is 20.7. The zero-order valence-electron chi connectivity index (χ0n) is 19.2. The Kier molecular flexibility index (Phi) is 8.22. The van der Waals surface area contributed by atoms with Crippen molar-refractivity contribution >= 4 is 52.5 Å². The highest BCUT2D eigenvalue weighted by atomic mass is 35.5. The number of rotatable bonds is 8. The van der Waals surface area contributed by atoms with Gasteiger partial charge in [-0.05, 0) is 60.2 Å². The van der Waals surface area contributed by atoms with Gasteiger partial charge in [0, 0.05) is 16.3 Å². The van der Waals surface area contributed by atoms with Crippen molar-refractivity contribution in [3.05, 3.63) is 125 Å². The van der Waals surface area contributed by atoms with Gasteiger partial charge in [0.05, 0.1) is 16.1 Å². The van der Waals surface area contributed by atoms with Crippen LogP contribution in [0.1, 0.15) is 31.5 Å². The van der Waals surface area contributed by atoms with E-state index in [2.05, 4.69) is 10.6 Å². The summed E-state index contributed by atoms with van der Waals surface area (Å²) in [5.41, 5.74) is 1.57. The molecule has 0 aliphatic carbocycles. The van der Waals surface area contributed by atoms with Crippen LogP contribution in [0.2, 0.25) is 5.02 Å². The van der Waals surface area contributed by atoms with Gasteiger partial charge in [-0.25, -0.2) is 9.18 Å². The lowest BCUT2D eigenvalue weighted by Crippen LogP contribution is -2.19. The monoisotopic (exact) mass is 534 g/mol. The molecule has 37 heavy (non-hydrogen) atoms. The van der Waals surface area contributed by atoms with Crippen molar-refractivity contribution < 1.29 is 23.9 Å². The number of benzene rings is 4. The van der Waals surface area contributed by atoms with Crippen LogP contribution in [0.5, 0.6) is 0 Å². The summed E-state index contributed by atoms with van der Waals surface area (Å²) in [4.78, 5) is 38.0. The molecule has 1 unspecified atom stereocenters. The second-order valence-corrected chi connectivity index (χ2v) is 9.44. The molecule has 0 fully saturated rings. The minimum absolute atomic E-state index is 0.0511. The highest BCUT2D eigenvalue weighted by Gasteiger charge is 2.23. The van der Waals surface area contributed by atoms with Gasteiger partial charge in [-0.2, -0.15) is 0 Å². The number of amides is 2. The first-order valence-electron chi connectivity index (χ1n) is 11.0. The predicted molar refractivity (Wildman–Crippen MR) is 143 cm³/mol. The number of carbonyl (C=O) groups excluding carboxylic acids is 2. The average molecular weight is 535 g/mol.